The van der Waals surface area contributed by atoms with E-state index >= 15 is 0 Å². The van der Waals surface area contributed by atoms with Gasteiger partial charge in [-0.25, -0.2) is 0 Å². The molecule has 0 aliphatic carbocycles. The number of thioether (sulfide) groups is 1. The average molecular weight is 400 g/mol. The molecule has 3 aromatic rings. The highest BCUT2D eigenvalue weighted by Gasteiger charge is 2.22. The molecule has 1 amide bonds. The Morgan fingerprint density at radius 3 is 2.57 bits per heavy atom. The van der Waals surface area contributed by atoms with Crippen molar-refractivity contribution in [1.29, 1.82) is 0 Å². The van der Waals surface area contributed by atoms with Crippen LogP contribution in [0.15, 0.2) is 29.7 Å². The Hall–Kier alpha value is -2.68. The van der Waals surface area contributed by atoms with Crippen molar-refractivity contribution in [2.45, 2.75) is 51.1 Å². The fourth-order valence-corrected chi connectivity index (χ4v) is 3.78. The van der Waals surface area contributed by atoms with Gasteiger partial charge in [0.1, 0.15) is 0 Å². The second kappa shape index (κ2) is 8.55. The van der Waals surface area contributed by atoms with Crippen LogP contribution in [0.1, 0.15) is 31.7 Å². The Labute approximate surface area is 168 Å². The van der Waals surface area contributed by atoms with Crippen molar-refractivity contribution >= 4 is 23.4 Å². The molecule has 0 unspecified atom stereocenters. The van der Waals surface area contributed by atoms with Crippen LogP contribution in [0.25, 0.3) is 11.4 Å². The topological polar surface area (TPSA) is 90.5 Å². The van der Waals surface area contributed by atoms with E-state index in [0.29, 0.717) is 0 Å². The van der Waals surface area contributed by atoms with E-state index in [4.69, 9.17) is 0 Å². The van der Waals surface area contributed by atoms with Gasteiger partial charge in [-0.2, -0.15) is 5.10 Å². The number of nitrogens with one attached hydrogen (secondary N) is 1. The first-order valence-corrected chi connectivity index (χ1v) is 10.1. The molecule has 28 heavy (non-hydrogen) atoms. The van der Waals surface area contributed by atoms with Crippen LogP contribution in [-0.4, -0.2) is 40.7 Å². The predicted octanol–water partition coefficient (Wildman–Crippen LogP) is 3.22. The fraction of sp³-hybridized carbons (Fsp3) is 0.421. The van der Waals surface area contributed by atoms with Gasteiger partial charge in [0.2, 0.25) is 5.91 Å². The Morgan fingerprint density at radius 2 is 1.96 bits per heavy atom. The van der Waals surface area contributed by atoms with Crippen molar-refractivity contribution in [3.63, 3.8) is 0 Å². The molecule has 1 N–H and O–H groups in total. The molecule has 0 bridgehead atoms. The monoisotopic (exact) mass is 399 g/mol. The Bertz CT molecular complexity index is 964. The third kappa shape index (κ3) is 4.09. The SMILES string of the molecule is CCCn1c(S[C@H](C)C(=O)Nc2c(C)nn(C)c2C)nnc1-c1ccncc1. The summed E-state index contributed by atoms with van der Waals surface area (Å²) in [6.07, 6.45) is 4.42. The van der Waals surface area contributed by atoms with Crippen LogP contribution in [0.3, 0.4) is 0 Å². The second-order valence-electron chi connectivity index (χ2n) is 6.61. The third-order valence-corrected chi connectivity index (χ3v) is 5.59. The molecule has 0 aromatic carbocycles. The lowest BCUT2D eigenvalue weighted by Crippen LogP contribution is -2.23. The number of amides is 1. The molecule has 0 radical (unpaired) electrons. The summed E-state index contributed by atoms with van der Waals surface area (Å²) >= 11 is 1.41. The zero-order valence-electron chi connectivity index (χ0n) is 16.8. The van der Waals surface area contributed by atoms with Crippen LogP contribution in [0.5, 0.6) is 0 Å². The quantitative estimate of drug-likeness (QED) is 0.614. The highest BCUT2D eigenvalue weighted by atomic mass is 32.2. The maximum atomic E-state index is 12.7. The Morgan fingerprint density at radius 1 is 1.25 bits per heavy atom. The standard InChI is InChI=1S/C19H25N7OS/c1-6-11-26-17(15-7-9-20-10-8-15)22-23-19(26)28-14(4)18(27)21-16-12(2)24-25(5)13(16)3/h7-10,14H,6,11H2,1-5H3,(H,21,27)/t14-/m1/s1. The molecule has 3 rings (SSSR count). The molecule has 0 fully saturated rings. The van der Waals surface area contributed by atoms with Gasteiger partial charge in [0, 0.05) is 31.5 Å². The Kier molecular flexibility index (Phi) is 6.13. The van der Waals surface area contributed by atoms with Gasteiger partial charge in [-0.3, -0.25) is 14.5 Å². The lowest BCUT2D eigenvalue weighted by molar-refractivity contribution is -0.115. The molecule has 0 saturated carbocycles. The van der Waals surface area contributed by atoms with Gasteiger partial charge in [-0.1, -0.05) is 18.7 Å². The number of carbonyl (C=O) groups is 1. The number of carbonyl (C=O) groups excluding carboxylic acids is 1. The molecular weight excluding hydrogens is 374 g/mol. The molecule has 0 saturated heterocycles. The second-order valence-corrected chi connectivity index (χ2v) is 7.92. The van der Waals surface area contributed by atoms with Crippen molar-refractivity contribution in [3.05, 3.63) is 35.9 Å². The number of aryl methyl sites for hydroxylation is 2. The first kappa shape index (κ1) is 20.1. The maximum absolute atomic E-state index is 12.7. The van der Waals surface area contributed by atoms with Crippen molar-refractivity contribution < 1.29 is 4.79 Å². The number of aromatic nitrogens is 6. The lowest BCUT2D eigenvalue weighted by Gasteiger charge is -2.13. The number of pyridine rings is 1. The van der Waals surface area contributed by atoms with E-state index in [1.165, 1.54) is 11.8 Å². The maximum Gasteiger partial charge on any atom is 0.237 e. The molecule has 9 heteroatoms. The minimum Gasteiger partial charge on any atom is -0.322 e. The average Bonchev–Trinajstić information content (AvgIpc) is 3.18. The fourth-order valence-electron chi connectivity index (χ4n) is 2.91. The third-order valence-electron chi connectivity index (χ3n) is 4.51. The highest BCUT2D eigenvalue weighted by Crippen LogP contribution is 2.28. The molecule has 8 nitrogen and oxygen atoms in total. The summed E-state index contributed by atoms with van der Waals surface area (Å²) in [4.78, 5) is 16.8. The van der Waals surface area contributed by atoms with Crippen LogP contribution in [0.4, 0.5) is 5.69 Å². The van der Waals surface area contributed by atoms with E-state index < -0.39 is 0 Å². The first-order chi connectivity index (χ1) is 13.4. The summed E-state index contributed by atoms with van der Waals surface area (Å²) in [5.41, 5.74) is 3.46. The van der Waals surface area contributed by atoms with Gasteiger partial charge in [0.15, 0.2) is 11.0 Å². The van der Waals surface area contributed by atoms with Crippen molar-refractivity contribution in [2.75, 3.05) is 5.32 Å². The van der Waals surface area contributed by atoms with E-state index in [1.54, 1.807) is 17.1 Å². The van der Waals surface area contributed by atoms with Gasteiger partial charge >= 0.3 is 0 Å². The normalized spacial score (nSPS) is 12.2. The molecule has 1 atom stereocenters. The van der Waals surface area contributed by atoms with E-state index in [2.05, 4.69) is 37.1 Å². The van der Waals surface area contributed by atoms with Crippen LogP contribution in [0.2, 0.25) is 0 Å². The summed E-state index contributed by atoms with van der Waals surface area (Å²) in [6, 6.07) is 3.82. The summed E-state index contributed by atoms with van der Waals surface area (Å²) in [5, 5.41) is 16.4. The number of rotatable bonds is 7. The van der Waals surface area contributed by atoms with Gasteiger partial charge < -0.3 is 9.88 Å². The minimum atomic E-state index is -0.330. The number of nitrogens with zero attached hydrogens (tertiary/aromatic N) is 6. The predicted molar refractivity (Wildman–Crippen MR) is 110 cm³/mol. The summed E-state index contributed by atoms with van der Waals surface area (Å²) < 4.78 is 3.83. The van der Waals surface area contributed by atoms with Gasteiger partial charge in [-0.05, 0) is 39.3 Å². The van der Waals surface area contributed by atoms with Gasteiger partial charge in [0.05, 0.1) is 22.3 Å². The largest absolute Gasteiger partial charge is 0.322 e. The van der Waals surface area contributed by atoms with E-state index in [0.717, 1.165) is 46.6 Å². The lowest BCUT2D eigenvalue weighted by atomic mass is 10.2. The summed E-state index contributed by atoms with van der Waals surface area (Å²) in [6.45, 7) is 8.58. The molecule has 3 aromatic heterocycles. The molecule has 0 spiro atoms. The highest BCUT2D eigenvalue weighted by molar-refractivity contribution is 8.00. The summed E-state index contributed by atoms with van der Waals surface area (Å²) in [7, 11) is 1.87. The van der Waals surface area contributed by atoms with Gasteiger partial charge in [0.25, 0.3) is 0 Å². The van der Waals surface area contributed by atoms with Crippen LogP contribution >= 0.6 is 11.8 Å². The van der Waals surface area contributed by atoms with Crippen molar-refractivity contribution in [3.8, 4) is 11.4 Å². The zero-order chi connectivity index (χ0) is 20.3. The van der Waals surface area contributed by atoms with Crippen molar-refractivity contribution in [1.82, 2.24) is 29.5 Å². The molecule has 3 heterocycles. The van der Waals surface area contributed by atoms with E-state index in [9.17, 15) is 4.79 Å². The minimum absolute atomic E-state index is 0.0827. The molecule has 0 aliphatic rings. The molecule has 148 valence electrons. The Balaban J connectivity index is 1.79. The molecule has 0 aliphatic heterocycles. The van der Waals surface area contributed by atoms with E-state index in [-0.39, 0.29) is 11.2 Å². The number of hydrogen-bond acceptors (Lipinski definition) is 6. The van der Waals surface area contributed by atoms with E-state index in [1.807, 2.05) is 40.0 Å². The number of hydrogen-bond donors (Lipinski definition) is 1. The van der Waals surface area contributed by atoms with Crippen LogP contribution < -0.4 is 5.32 Å². The van der Waals surface area contributed by atoms with Crippen LogP contribution in [0, 0.1) is 13.8 Å². The smallest absolute Gasteiger partial charge is 0.237 e. The summed E-state index contributed by atoms with van der Waals surface area (Å²) in [5.74, 6) is 0.707. The first-order valence-electron chi connectivity index (χ1n) is 9.23. The van der Waals surface area contributed by atoms with Crippen molar-refractivity contribution in [2.24, 2.45) is 7.05 Å². The molecular formula is C19H25N7OS. The zero-order valence-corrected chi connectivity index (χ0v) is 17.6. The number of anilines is 1. The van der Waals surface area contributed by atoms with Gasteiger partial charge in [-0.15, -0.1) is 10.2 Å². The van der Waals surface area contributed by atoms with Crippen LogP contribution in [-0.2, 0) is 18.4 Å².